The van der Waals surface area contributed by atoms with Crippen LogP contribution < -0.4 is 5.32 Å². The third kappa shape index (κ3) is 6.48. The van der Waals surface area contributed by atoms with Gasteiger partial charge in [0.05, 0.1) is 50.4 Å². The van der Waals surface area contributed by atoms with E-state index in [1.807, 2.05) is 6.07 Å². The van der Waals surface area contributed by atoms with Crippen molar-refractivity contribution in [1.82, 2.24) is 0 Å². The number of methoxy groups -OCH3 is 1. The Kier molecular flexibility index (Phi) is 8.31. The van der Waals surface area contributed by atoms with Crippen molar-refractivity contribution in [3.8, 4) is 6.07 Å². The summed E-state index contributed by atoms with van der Waals surface area (Å²) in [4.78, 5) is 0. The highest BCUT2D eigenvalue weighted by molar-refractivity contribution is 5.48. The molecule has 0 atom stereocenters. The Morgan fingerprint density at radius 2 is 1.85 bits per heavy atom. The van der Waals surface area contributed by atoms with Gasteiger partial charge < -0.3 is 19.5 Å². The molecule has 0 spiro atoms. The molecule has 1 aromatic carbocycles. The summed E-state index contributed by atoms with van der Waals surface area (Å²) < 4.78 is 28.9. The van der Waals surface area contributed by atoms with Gasteiger partial charge in [0, 0.05) is 13.7 Å². The minimum atomic E-state index is -0.438. The number of hydrogen-bond acceptors (Lipinski definition) is 5. The van der Waals surface area contributed by atoms with Crippen LogP contribution in [0.5, 0.6) is 0 Å². The van der Waals surface area contributed by atoms with Crippen molar-refractivity contribution in [2.24, 2.45) is 0 Å². The second-order valence-corrected chi connectivity index (χ2v) is 3.95. The van der Waals surface area contributed by atoms with Crippen LogP contribution in [0, 0.1) is 17.1 Å². The van der Waals surface area contributed by atoms with Crippen molar-refractivity contribution in [2.45, 2.75) is 0 Å². The van der Waals surface area contributed by atoms with Gasteiger partial charge in [-0.2, -0.15) is 5.26 Å². The van der Waals surface area contributed by atoms with Crippen LogP contribution in [0.15, 0.2) is 18.2 Å². The van der Waals surface area contributed by atoms with Gasteiger partial charge in [0.1, 0.15) is 5.82 Å². The van der Waals surface area contributed by atoms with Crippen LogP contribution in [0.25, 0.3) is 0 Å². The average Bonchev–Trinajstić information content (AvgIpc) is 2.47. The summed E-state index contributed by atoms with van der Waals surface area (Å²) in [5, 5.41) is 11.5. The van der Waals surface area contributed by atoms with Crippen molar-refractivity contribution in [2.75, 3.05) is 52.0 Å². The number of hydrogen-bond donors (Lipinski definition) is 1. The van der Waals surface area contributed by atoms with Gasteiger partial charge in [0.2, 0.25) is 0 Å². The van der Waals surface area contributed by atoms with E-state index in [1.54, 1.807) is 19.2 Å². The Morgan fingerprint density at radius 3 is 2.50 bits per heavy atom. The smallest absolute Gasteiger partial charge is 0.147 e. The van der Waals surface area contributed by atoms with Crippen LogP contribution in [0.4, 0.5) is 10.1 Å². The third-order valence-electron chi connectivity index (χ3n) is 2.46. The molecule has 0 saturated heterocycles. The highest BCUT2D eigenvalue weighted by Crippen LogP contribution is 2.14. The van der Waals surface area contributed by atoms with Crippen molar-refractivity contribution in [3.05, 3.63) is 29.6 Å². The highest BCUT2D eigenvalue weighted by atomic mass is 19.1. The molecule has 0 bridgehead atoms. The molecule has 0 aliphatic carbocycles. The highest BCUT2D eigenvalue weighted by Gasteiger charge is 2.02. The number of nitrogens with one attached hydrogen (secondary N) is 1. The number of ether oxygens (including phenoxy) is 3. The molecule has 0 fully saturated rings. The Labute approximate surface area is 118 Å². The standard InChI is InChI=1S/C14H19FN2O3/c1-18-6-7-20-9-8-19-5-4-17-14-3-2-12(11-16)10-13(14)15/h2-3,10,17H,4-9H2,1H3. The number of nitriles is 1. The molecule has 0 unspecified atom stereocenters. The molecule has 20 heavy (non-hydrogen) atoms. The molecule has 0 aliphatic heterocycles. The van der Waals surface area contributed by atoms with Crippen LogP contribution in [-0.4, -0.2) is 46.7 Å². The normalized spacial score (nSPS) is 10.2. The largest absolute Gasteiger partial charge is 0.382 e. The Bertz CT molecular complexity index is 435. The van der Waals surface area contributed by atoms with Gasteiger partial charge in [-0.25, -0.2) is 4.39 Å². The lowest BCUT2D eigenvalue weighted by Crippen LogP contribution is -2.14. The molecule has 1 aromatic rings. The summed E-state index contributed by atoms with van der Waals surface area (Å²) >= 11 is 0. The van der Waals surface area contributed by atoms with E-state index in [9.17, 15) is 4.39 Å². The maximum Gasteiger partial charge on any atom is 0.147 e. The average molecular weight is 282 g/mol. The van der Waals surface area contributed by atoms with Crippen LogP contribution in [0.3, 0.4) is 0 Å². The quantitative estimate of drug-likeness (QED) is 0.663. The molecule has 0 aliphatic rings. The van der Waals surface area contributed by atoms with Gasteiger partial charge in [-0.15, -0.1) is 0 Å². The van der Waals surface area contributed by atoms with E-state index >= 15 is 0 Å². The van der Waals surface area contributed by atoms with Crippen LogP contribution in [0.1, 0.15) is 5.56 Å². The molecule has 0 amide bonds. The lowest BCUT2D eigenvalue weighted by Gasteiger charge is -2.08. The molecular weight excluding hydrogens is 263 g/mol. The van der Waals surface area contributed by atoms with Crippen molar-refractivity contribution < 1.29 is 18.6 Å². The summed E-state index contributed by atoms with van der Waals surface area (Å²) in [6, 6.07) is 6.19. The lowest BCUT2D eigenvalue weighted by molar-refractivity contribution is 0.0272. The fraction of sp³-hybridized carbons (Fsp3) is 0.500. The molecular formula is C14H19FN2O3. The summed E-state index contributed by atoms with van der Waals surface area (Å²) in [5.41, 5.74) is 0.668. The first kappa shape index (κ1) is 16.4. The molecule has 5 nitrogen and oxygen atoms in total. The fourth-order valence-corrected chi connectivity index (χ4v) is 1.45. The van der Waals surface area contributed by atoms with Gasteiger partial charge in [-0.3, -0.25) is 0 Å². The van der Waals surface area contributed by atoms with Crippen molar-refractivity contribution in [1.29, 1.82) is 5.26 Å². The first-order valence-corrected chi connectivity index (χ1v) is 6.36. The molecule has 1 rings (SSSR count). The summed E-state index contributed by atoms with van der Waals surface area (Å²) in [6.07, 6.45) is 0. The van der Waals surface area contributed by atoms with Crippen LogP contribution in [0.2, 0.25) is 0 Å². The Morgan fingerprint density at radius 1 is 1.15 bits per heavy atom. The van der Waals surface area contributed by atoms with Crippen molar-refractivity contribution in [3.63, 3.8) is 0 Å². The Hall–Kier alpha value is -1.68. The van der Waals surface area contributed by atoms with Gasteiger partial charge >= 0.3 is 0 Å². The second-order valence-electron chi connectivity index (χ2n) is 3.95. The van der Waals surface area contributed by atoms with Gasteiger partial charge in [-0.05, 0) is 18.2 Å². The zero-order valence-electron chi connectivity index (χ0n) is 11.5. The van der Waals surface area contributed by atoms with E-state index in [-0.39, 0.29) is 0 Å². The van der Waals surface area contributed by atoms with E-state index in [2.05, 4.69) is 5.32 Å². The second kappa shape index (κ2) is 10.1. The molecule has 110 valence electrons. The van der Waals surface area contributed by atoms with Crippen molar-refractivity contribution >= 4 is 5.69 Å². The predicted octanol–water partition coefficient (Wildman–Crippen LogP) is 1.79. The molecule has 0 radical (unpaired) electrons. The van der Waals surface area contributed by atoms with Gasteiger partial charge in [0.25, 0.3) is 0 Å². The lowest BCUT2D eigenvalue weighted by atomic mass is 10.2. The van der Waals surface area contributed by atoms with Crippen LogP contribution in [-0.2, 0) is 14.2 Å². The maximum atomic E-state index is 13.5. The molecule has 0 heterocycles. The summed E-state index contributed by atoms with van der Waals surface area (Å²) in [6.45, 7) is 3.05. The third-order valence-corrected chi connectivity index (χ3v) is 2.46. The first-order valence-electron chi connectivity index (χ1n) is 6.36. The zero-order valence-corrected chi connectivity index (χ0v) is 11.5. The SMILES string of the molecule is COCCOCCOCCNc1ccc(C#N)cc1F. The predicted molar refractivity (Wildman–Crippen MR) is 73.1 cm³/mol. The maximum absolute atomic E-state index is 13.5. The van der Waals surface area contributed by atoms with E-state index < -0.39 is 5.82 Å². The molecule has 0 aromatic heterocycles. The topological polar surface area (TPSA) is 63.5 Å². The first-order chi connectivity index (χ1) is 9.77. The zero-order chi connectivity index (χ0) is 14.6. The number of halogens is 1. The summed E-state index contributed by atoms with van der Waals surface area (Å²) in [7, 11) is 1.62. The molecule has 0 saturated carbocycles. The van der Waals surface area contributed by atoms with E-state index in [4.69, 9.17) is 19.5 Å². The molecule has 1 N–H and O–H groups in total. The van der Waals surface area contributed by atoms with E-state index in [0.717, 1.165) is 0 Å². The number of nitrogens with zero attached hydrogens (tertiary/aromatic N) is 1. The minimum absolute atomic E-state index is 0.303. The number of benzene rings is 1. The number of rotatable bonds is 10. The fourth-order valence-electron chi connectivity index (χ4n) is 1.45. The summed E-state index contributed by atoms with van der Waals surface area (Å²) in [5.74, 6) is -0.438. The number of anilines is 1. The van der Waals surface area contributed by atoms with Gasteiger partial charge in [0.15, 0.2) is 0 Å². The van der Waals surface area contributed by atoms with E-state index in [1.165, 1.54) is 6.07 Å². The monoisotopic (exact) mass is 282 g/mol. The molecule has 6 heteroatoms. The Balaban J connectivity index is 2.08. The minimum Gasteiger partial charge on any atom is -0.382 e. The van der Waals surface area contributed by atoms with E-state index in [0.29, 0.717) is 50.8 Å². The van der Waals surface area contributed by atoms with Crippen LogP contribution >= 0.6 is 0 Å². The van der Waals surface area contributed by atoms with Gasteiger partial charge in [-0.1, -0.05) is 0 Å².